The van der Waals surface area contributed by atoms with Gasteiger partial charge in [0.1, 0.15) is 0 Å². The first kappa shape index (κ1) is 19.7. The zero-order valence-electron chi connectivity index (χ0n) is 17.4. The molecular weight excluding hydrogens is 390 g/mol. The lowest BCUT2D eigenvalue weighted by atomic mass is 9.66. The highest BCUT2D eigenvalue weighted by Gasteiger charge is 2.53. The summed E-state index contributed by atoms with van der Waals surface area (Å²) in [5.41, 5.74) is 6.97. The summed E-state index contributed by atoms with van der Waals surface area (Å²) in [6, 6.07) is 21.4. The molecule has 2 aromatic rings. The van der Waals surface area contributed by atoms with Crippen LogP contribution in [0, 0.1) is 5.92 Å². The van der Waals surface area contributed by atoms with Crippen LogP contribution in [0.15, 0.2) is 65.8 Å². The van der Waals surface area contributed by atoms with E-state index in [1.165, 1.54) is 16.8 Å². The average Bonchev–Trinajstić information content (AvgIpc) is 3.02. The molecule has 3 unspecified atom stereocenters. The highest BCUT2D eigenvalue weighted by atomic mass is 32.1. The Balaban J connectivity index is 1.39. The number of hydrogen-bond donors (Lipinski definition) is 2. The molecule has 4 bridgehead atoms. The Labute approximate surface area is 184 Å². The Kier molecular flexibility index (Phi) is 5.31. The molecular formula is C24H29N5S. The molecule has 6 rings (SSSR count). The van der Waals surface area contributed by atoms with Gasteiger partial charge in [0.2, 0.25) is 0 Å². The molecule has 6 heteroatoms. The monoisotopic (exact) mass is 419 g/mol. The number of hydrazone groups is 1. The molecule has 30 heavy (non-hydrogen) atoms. The smallest absolute Gasteiger partial charge is 0.187 e. The molecule has 4 heterocycles. The van der Waals surface area contributed by atoms with Gasteiger partial charge in [0, 0.05) is 45.2 Å². The lowest BCUT2D eigenvalue weighted by molar-refractivity contribution is 0.163. The third-order valence-electron chi connectivity index (χ3n) is 6.81. The third-order valence-corrected chi connectivity index (χ3v) is 7.01. The van der Waals surface area contributed by atoms with Crippen molar-refractivity contribution in [2.75, 3.05) is 39.3 Å². The molecule has 4 aliphatic rings. The Morgan fingerprint density at radius 3 is 2.23 bits per heavy atom. The van der Waals surface area contributed by atoms with Crippen LogP contribution in [0.25, 0.3) is 0 Å². The number of nitrogens with one attached hydrogen (secondary N) is 2. The van der Waals surface area contributed by atoms with Crippen LogP contribution < -0.4 is 10.7 Å². The van der Waals surface area contributed by atoms with Crippen LogP contribution in [0.1, 0.15) is 24.1 Å². The number of piperidine rings is 2. The Bertz CT molecular complexity index is 913. The van der Waals surface area contributed by atoms with Gasteiger partial charge in [0.15, 0.2) is 5.11 Å². The molecule has 4 fully saturated rings. The Morgan fingerprint density at radius 2 is 1.60 bits per heavy atom. The maximum atomic E-state index is 5.59. The molecule has 156 valence electrons. The number of thiocarbonyl (C=S) groups is 1. The number of rotatable bonds is 4. The molecule has 0 saturated carbocycles. The third kappa shape index (κ3) is 3.64. The van der Waals surface area contributed by atoms with Gasteiger partial charge in [-0.15, -0.1) is 0 Å². The van der Waals surface area contributed by atoms with Gasteiger partial charge in [-0.05, 0) is 30.3 Å². The predicted octanol–water partition coefficient (Wildman–Crippen LogP) is 2.77. The van der Waals surface area contributed by atoms with E-state index in [1.807, 2.05) is 6.07 Å². The zero-order valence-corrected chi connectivity index (χ0v) is 18.2. The van der Waals surface area contributed by atoms with Crippen LogP contribution in [0.2, 0.25) is 0 Å². The van der Waals surface area contributed by atoms with Crippen molar-refractivity contribution in [3.8, 4) is 0 Å². The largest absolute Gasteiger partial charge is 0.355 e. The molecule has 2 N–H and O–H groups in total. The van der Waals surface area contributed by atoms with Crippen molar-refractivity contribution in [2.45, 2.75) is 18.4 Å². The second-order valence-electron chi connectivity index (χ2n) is 8.83. The van der Waals surface area contributed by atoms with E-state index in [9.17, 15) is 0 Å². The van der Waals surface area contributed by atoms with E-state index in [-0.39, 0.29) is 11.5 Å². The predicted molar refractivity (Wildman–Crippen MR) is 126 cm³/mol. The van der Waals surface area contributed by atoms with Crippen molar-refractivity contribution in [1.82, 2.24) is 20.5 Å². The SMILES string of the molecule is CC(NC(=S)NN=C1C2CN3CCN(C2)CC1(c1ccccc1)C3)c1ccccc1. The van der Waals surface area contributed by atoms with Gasteiger partial charge in [0.25, 0.3) is 0 Å². The van der Waals surface area contributed by atoms with Gasteiger partial charge in [-0.1, -0.05) is 60.7 Å². The molecule has 3 atom stereocenters. The molecule has 0 aliphatic carbocycles. The standard InChI is InChI=1S/C24H29N5S/c1-18(19-8-4-2-5-9-19)25-23(30)27-26-22-20-14-28-12-13-29(15-20)17-24(22,16-28)21-10-6-3-7-11-21/h2-11,18,20H,12-17H2,1H3,(H2,25,27,30). The van der Waals surface area contributed by atoms with Crippen LogP contribution in [-0.2, 0) is 5.41 Å². The van der Waals surface area contributed by atoms with Crippen molar-refractivity contribution in [2.24, 2.45) is 11.0 Å². The van der Waals surface area contributed by atoms with E-state index in [4.69, 9.17) is 17.3 Å². The fourth-order valence-electron chi connectivity index (χ4n) is 5.42. The van der Waals surface area contributed by atoms with Gasteiger partial charge in [-0.3, -0.25) is 5.43 Å². The van der Waals surface area contributed by atoms with Gasteiger partial charge >= 0.3 is 0 Å². The Morgan fingerprint density at radius 1 is 1.00 bits per heavy atom. The lowest BCUT2D eigenvalue weighted by Gasteiger charge is -2.50. The topological polar surface area (TPSA) is 42.9 Å². The van der Waals surface area contributed by atoms with Crippen LogP contribution in [0.3, 0.4) is 0 Å². The molecule has 4 saturated heterocycles. The van der Waals surface area contributed by atoms with Gasteiger partial charge in [-0.25, -0.2) is 0 Å². The van der Waals surface area contributed by atoms with Crippen molar-refractivity contribution >= 4 is 23.0 Å². The number of benzene rings is 2. The second-order valence-corrected chi connectivity index (χ2v) is 9.24. The minimum absolute atomic E-state index is 0.0629. The first-order valence-electron chi connectivity index (χ1n) is 10.8. The fourth-order valence-corrected chi connectivity index (χ4v) is 5.65. The molecule has 0 spiro atoms. The quantitative estimate of drug-likeness (QED) is 0.589. The Hall–Kier alpha value is -2.28. The summed E-state index contributed by atoms with van der Waals surface area (Å²) >= 11 is 5.59. The second kappa shape index (κ2) is 8.10. The number of nitrogens with zero attached hydrogens (tertiary/aromatic N) is 3. The summed E-state index contributed by atoms with van der Waals surface area (Å²) in [6.07, 6.45) is 0. The molecule has 5 nitrogen and oxygen atoms in total. The first-order valence-corrected chi connectivity index (χ1v) is 11.2. The van der Waals surface area contributed by atoms with Crippen LogP contribution in [0.5, 0.6) is 0 Å². The molecule has 4 aliphatic heterocycles. The summed E-state index contributed by atoms with van der Waals surface area (Å²) in [7, 11) is 0. The van der Waals surface area contributed by atoms with E-state index in [1.54, 1.807) is 0 Å². The lowest BCUT2D eigenvalue weighted by Crippen LogP contribution is -2.64. The zero-order chi connectivity index (χ0) is 20.6. The average molecular weight is 420 g/mol. The van der Waals surface area contributed by atoms with Crippen molar-refractivity contribution in [3.63, 3.8) is 0 Å². The maximum Gasteiger partial charge on any atom is 0.187 e. The summed E-state index contributed by atoms with van der Waals surface area (Å²) in [4.78, 5) is 5.25. The summed E-state index contributed by atoms with van der Waals surface area (Å²) < 4.78 is 0. The first-order chi connectivity index (χ1) is 14.6. The minimum Gasteiger partial charge on any atom is -0.355 e. The van der Waals surface area contributed by atoms with E-state index in [0.29, 0.717) is 11.0 Å². The van der Waals surface area contributed by atoms with Gasteiger partial charge in [-0.2, -0.15) is 5.10 Å². The van der Waals surface area contributed by atoms with Crippen LogP contribution >= 0.6 is 12.2 Å². The molecule has 0 aromatic heterocycles. The molecule has 0 amide bonds. The summed E-state index contributed by atoms with van der Waals surface area (Å²) in [5.74, 6) is 0.442. The van der Waals surface area contributed by atoms with Gasteiger partial charge < -0.3 is 15.1 Å². The highest BCUT2D eigenvalue weighted by molar-refractivity contribution is 7.80. The van der Waals surface area contributed by atoms with Crippen molar-refractivity contribution in [1.29, 1.82) is 0 Å². The molecule has 2 aromatic carbocycles. The minimum atomic E-state index is -0.0629. The van der Waals surface area contributed by atoms with Crippen molar-refractivity contribution in [3.05, 3.63) is 71.8 Å². The van der Waals surface area contributed by atoms with Crippen molar-refractivity contribution < 1.29 is 0 Å². The summed E-state index contributed by atoms with van der Waals surface area (Å²) in [5, 5.41) is 8.92. The fraction of sp³-hybridized carbons (Fsp3) is 0.417. The van der Waals surface area contributed by atoms with E-state index < -0.39 is 0 Å². The number of fused-ring (bicyclic) bond motifs is 1. The van der Waals surface area contributed by atoms with Crippen LogP contribution in [0.4, 0.5) is 0 Å². The van der Waals surface area contributed by atoms with E-state index in [0.717, 1.165) is 39.3 Å². The van der Waals surface area contributed by atoms with E-state index in [2.05, 4.69) is 82.1 Å². The number of hydrogen-bond acceptors (Lipinski definition) is 4. The van der Waals surface area contributed by atoms with Gasteiger partial charge in [0.05, 0.1) is 17.2 Å². The maximum absolute atomic E-state index is 5.59. The normalized spacial score (nSPS) is 31.9. The summed E-state index contributed by atoms with van der Waals surface area (Å²) in [6.45, 7) is 8.67. The highest BCUT2D eigenvalue weighted by Crippen LogP contribution is 2.41. The molecule has 0 radical (unpaired) electrons. The van der Waals surface area contributed by atoms with E-state index >= 15 is 0 Å². The van der Waals surface area contributed by atoms with Crippen LogP contribution in [-0.4, -0.2) is 59.9 Å².